The number of amides is 1. The predicted molar refractivity (Wildman–Crippen MR) is 114 cm³/mol. The number of aromatic nitrogens is 2. The minimum atomic E-state index is -0.965. The lowest BCUT2D eigenvalue weighted by Gasteiger charge is -2.17. The summed E-state index contributed by atoms with van der Waals surface area (Å²) in [6, 6.07) is 10.1. The summed E-state index contributed by atoms with van der Waals surface area (Å²) in [5.74, 6) is -0.103. The Hall–Kier alpha value is -3.50. The number of methoxy groups -OCH3 is 1. The molecule has 1 unspecified atom stereocenters. The van der Waals surface area contributed by atoms with E-state index >= 15 is 0 Å². The Bertz CT molecular complexity index is 1250. The molecule has 1 amide bonds. The molecule has 160 valence electrons. The Morgan fingerprint density at radius 2 is 2.06 bits per heavy atom. The summed E-state index contributed by atoms with van der Waals surface area (Å²) in [5.41, 5.74) is 0.000999. The van der Waals surface area contributed by atoms with Gasteiger partial charge in [0.25, 0.3) is 5.91 Å². The zero-order chi connectivity index (χ0) is 21.8. The van der Waals surface area contributed by atoms with Gasteiger partial charge in [-0.25, -0.2) is 0 Å². The van der Waals surface area contributed by atoms with Gasteiger partial charge in [-0.15, -0.1) is 10.2 Å². The molecule has 4 rings (SSSR count). The highest BCUT2D eigenvalue weighted by Gasteiger charge is 2.26. The molecular weight excluding hydrogens is 422 g/mol. The molecule has 10 heteroatoms. The van der Waals surface area contributed by atoms with Crippen LogP contribution in [0.1, 0.15) is 18.4 Å². The average molecular weight is 441 g/mol. The summed E-state index contributed by atoms with van der Waals surface area (Å²) in [6.45, 7) is 2.07. The van der Waals surface area contributed by atoms with Crippen molar-refractivity contribution in [3.63, 3.8) is 0 Å². The number of benzene rings is 1. The third-order valence-corrected chi connectivity index (χ3v) is 5.20. The molecule has 1 atom stereocenters. The van der Waals surface area contributed by atoms with Gasteiger partial charge in [0.2, 0.25) is 22.1 Å². The van der Waals surface area contributed by atoms with Crippen molar-refractivity contribution in [3.05, 3.63) is 57.9 Å². The normalized spacial score (nSPS) is 12.1. The first-order valence-corrected chi connectivity index (χ1v) is 10.3. The smallest absolute Gasteiger partial charge is 0.267 e. The van der Waals surface area contributed by atoms with E-state index in [2.05, 4.69) is 15.5 Å². The van der Waals surface area contributed by atoms with E-state index in [0.717, 1.165) is 0 Å². The SMILES string of the molecule is CCC(Oc1c(-c2ccco2)oc2ccccc2c1=O)C(=O)Nc1nnc(COC)s1. The second kappa shape index (κ2) is 9.11. The van der Waals surface area contributed by atoms with E-state index in [1.54, 1.807) is 50.4 Å². The lowest BCUT2D eigenvalue weighted by Crippen LogP contribution is -2.34. The van der Waals surface area contributed by atoms with Crippen LogP contribution in [0.2, 0.25) is 0 Å². The number of furan rings is 1. The van der Waals surface area contributed by atoms with Gasteiger partial charge in [0, 0.05) is 7.11 Å². The maximum absolute atomic E-state index is 13.2. The number of carbonyl (C=O) groups excluding carboxylic acids is 1. The molecule has 3 heterocycles. The van der Waals surface area contributed by atoms with Crippen LogP contribution in [-0.4, -0.2) is 29.3 Å². The zero-order valence-corrected chi connectivity index (χ0v) is 17.6. The van der Waals surface area contributed by atoms with Gasteiger partial charge < -0.3 is 18.3 Å². The number of hydrogen-bond donors (Lipinski definition) is 1. The first-order valence-electron chi connectivity index (χ1n) is 9.49. The summed E-state index contributed by atoms with van der Waals surface area (Å²) in [4.78, 5) is 26.0. The zero-order valence-electron chi connectivity index (χ0n) is 16.8. The van der Waals surface area contributed by atoms with E-state index in [9.17, 15) is 9.59 Å². The largest absolute Gasteiger partial charge is 0.473 e. The van der Waals surface area contributed by atoms with Gasteiger partial charge in [-0.1, -0.05) is 30.4 Å². The maximum atomic E-state index is 13.2. The molecule has 1 N–H and O–H groups in total. The van der Waals surface area contributed by atoms with Crippen LogP contribution in [0.25, 0.3) is 22.5 Å². The average Bonchev–Trinajstić information content (AvgIpc) is 3.46. The summed E-state index contributed by atoms with van der Waals surface area (Å²) in [6.07, 6.45) is 0.803. The second-order valence-corrected chi connectivity index (χ2v) is 7.56. The summed E-state index contributed by atoms with van der Waals surface area (Å²) >= 11 is 1.20. The number of carbonyl (C=O) groups is 1. The third-order valence-electron chi connectivity index (χ3n) is 4.39. The minimum Gasteiger partial charge on any atom is -0.473 e. The van der Waals surface area contributed by atoms with E-state index < -0.39 is 17.4 Å². The van der Waals surface area contributed by atoms with Gasteiger partial charge in [0.05, 0.1) is 11.6 Å². The molecule has 0 saturated heterocycles. The molecule has 0 fully saturated rings. The molecule has 0 aliphatic carbocycles. The second-order valence-electron chi connectivity index (χ2n) is 6.50. The fourth-order valence-corrected chi connectivity index (χ4v) is 3.65. The Kier molecular flexibility index (Phi) is 6.10. The van der Waals surface area contributed by atoms with Crippen molar-refractivity contribution in [1.29, 1.82) is 0 Å². The number of para-hydroxylation sites is 1. The molecule has 3 aromatic heterocycles. The van der Waals surface area contributed by atoms with Gasteiger partial charge in [-0.2, -0.15) is 0 Å². The van der Waals surface area contributed by atoms with Crippen molar-refractivity contribution in [2.75, 3.05) is 12.4 Å². The molecule has 1 aromatic carbocycles. The molecule has 31 heavy (non-hydrogen) atoms. The van der Waals surface area contributed by atoms with Crippen LogP contribution >= 0.6 is 11.3 Å². The molecule has 0 saturated carbocycles. The molecule has 0 radical (unpaired) electrons. The van der Waals surface area contributed by atoms with Crippen molar-refractivity contribution >= 4 is 33.3 Å². The number of nitrogens with one attached hydrogen (secondary N) is 1. The number of hydrogen-bond acceptors (Lipinski definition) is 9. The number of rotatable bonds is 8. The maximum Gasteiger partial charge on any atom is 0.267 e. The summed E-state index contributed by atoms with van der Waals surface area (Å²) < 4.78 is 22.2. The van der Waals surface area contributed by atoms with Crippen molar-refractivity contribution in [1.82, 2.24) is 10.2 Å². The van der Waals surface area contributed by atoms with Crippen LogP contribution in [0.3, 0.4) is 0 Å². The minimum absolute atomic E-state index is 0.0898. The van der Waals surface area contributed by atoms with Gasteiger partial charge in [-0.3, -0.25) is 14.9 Å². The highest BCUT2D eigenvalue weighted by atomic mass is 32.1. The van der Waals surface area contributed by atoms with Crippen molar-refractivity contribution < 1.29 is 23.1 Å². The van der Waals surface area contributed by atoms with Crippen molar-refractivity contribution in [2.45, 2.75) is 26.1 Å². The van der Waals surface area contributed by atoms with E-state index in [1.807, 2.05) is 0 Å². The first-order chi connectivity index (χ1) is 15.1. The molecule has 0 aliphatic rings. The fourth-order valence-electron chi connectivity index (χ4n) is 2.94. The van der Waals surface area contributed by atoms with Crippen molar-refractivity contribution in [3.8, 4) is 17.3 Å². The monoisotopic (exact) mass is 441 g/mol. The molecule has 4 aromatic rings. The quantitative estimate of drug-likeness (QED) is 0.438. The van der Waals surface area contributed by atoms with Crippen molar-refractivity contribution in [2.24, 2.45) is 0 Å². The van der Waals surface area contributed by atoms with Crippen LogP contribution in [0.4, 0.5) is 5.13 Å². The highest BCUT2D eigenvalue weighted by molar-refractivity contribution is 7.15. The Morgan fingerprint density at radius 1 is 1.23 bits per heavy atom. The molecule has 0 aliphatic heterocycles. The lowest BCUT2D eigenvalue weighted by molar-refractivity contribution is -0.122. The van der Waals surface area contributed by atoms with E-state index in [-0.39, 0.29) is 11.5 Å². The summed E-state index contributed by atoms with van der Waals surface area (Å²) in [5, 5.41) is 11.8. The molecule has 0 bridgehead atoms. The van der Waals surface area contributed by atoms with Crippen LogP contribution in [-0.2, 0) is 16.1 Å². The van der Waals surface area contributed by atoms with Gasteiger partial charge in [0.15, 0.2) is 11.9 Å². The van der Waals surface area contributed by atoms with Gasteiger partial charge >= 0.3 is 0 Å². The lowest BCUT2D eigenvalue weighted by atomic mass is 10.2. The van der Waals surface area contributed by atoms with E-state index in [4.69, 9.17) is 18.3 Å². The summed E-state index contributed by atoms with van der Waals surface area (Å²) in [7, 11) is 1.55. The molecule has 9 nitrogen and oxygen atoms in total. The highest BCUT2D eigenvalue weighted by Crippen LogP contribution is 2.32. The van der Waals surface area contributed by atoms with Crippen LogP contribution in [0, 0.1) is 0 Å². The van der Waals surface area contributed by atoms with Crippen LogP contribution in [0.15, 0.2) is 56.3 Å². The fraction of sp³-hybridized carbons (Fsp3) is 0.238. The van der Waals surface area contributed by atoms with E-state index in [0.29, 0.717) is 39.9 Å². The molecule has 0 spiro atoms. The first kappa shape index (κ1) is 20.8. The van der Waals surface area contributed by atoms with Gasteiger partial charge in [0.1, 0.15) is 17.2 Å². The van der Waals surface area contributed by atoms with Crippen LogP contribution in [0.5, 0.6) is 5.75 Å². The Balaban J connectivity index is 1.66. The Labute approximate surface area is 180 Å². The standard InChI is InChI=1S/C21H19N3O6S/c1-3-13(20(26)22-21-24-23-16(31-21)11-27-2)29-19-17(25)12-7-4-5-8-14(12)30-18(19)15-9-6-10-28-15/h4-10,13H,3,11H2,1-2H3,(H,22,24,26). The number of nitrogens with zero attached hydrogens (tertiary/aromatic N) is 2. The Morgan fingerprint density at radius 3 is 2.81 bits per heavy atom. The molecular formula is C21H19N3O6S. The topological polar surface area (TPSA) is 117 Å². The predicted octanol–water partition coefficient (Wildman–Crippen LogP) is 3.85. The van der Waals surface area contributed by atoms with Crippen LogP contribution < -0.4 is 15.5 Å². The number of anilines is 1. The van der Waals surface area contributed by atoms with Gasteiger partial charge in [-0.05, 0) is 30.7 Å². The number of ether oxygens (including phenoxy) is 2. The third kappa shape index (κ3) is 4.35. The van der Waals surface area contributed by atoms with E-state index in [1.165, 1.54) is 17.6 Å². The number of fused-ring (bicyclic) bond motifs is 1.